The number of nitrogens with zero attached hydrogens (tertiary/aromatic N) is 2. The molecule has 0 bridgehead atoms. The summed E-state index contributed by atoms with van der Waals surface area (Å²) in [6.45, 7) is 2.93. The Kier molecular flexibility index (Phi) is 2.39. The van der Waals surface area contributed by atoms with Crippen LogP contribution in [0.5, 0.6) is 0 Å². The van der Waals surface area contributed by atoms with Gasteiger partial charge in [0.2, 0.25) is 0 Å². The fourth-order valence-electron chi connectivity index (χ4n) is 2.20. The number of nitrogens with two attached hydrogens (primary N) is 1. The predicted octanol–water partition coefficient (Wildman–Crippen LogP) is 2.70. The van der Waals surface area contributed by atoms with Gasteiger partial charge in [-0.1, -0.05) is 29.8 Å². The van der Waals surface area contributed by atoms with Gasteiger partial charge in [0.15, 0.2) is 0 Å². The van der Waals surface area contributed by atoms with Crippen LogP contribution in [-0.4, -0.2) is 9.78 Å². The third kappa shape index (κ3) is 2.05. The minimum absolute atomic E-state index is 0.642. The molecule has 2 aromatic rings. The molecule has 0 amide bonds. The molecule has 0 atom stereocenters. The maximum Gasteiger partial charge on any atom is 0.0736 e. The van der Waals surface area contributed by atoms with Crippen molar-refractivity contribution in [1.29, 1.82) is 0 Å². The van der Waals surface area contributed by atoms with Crippen molar-refractivity contribution in [3.63, 3.8) is 0 Å². The van der Waals surface area contributed by atoms with E-state index in [1.165, 1.54) is 29.7 Å². The van der Waals surface area contributed by atoms with E-state index >= 15 is 0 Å². The van der Waals surface area contributed by atoms with Gasteiger partial charge in [0, 0.05) is 5.92 Å². The van der Waals surface area contributed by atoms with Crippen molar-refractivity contribution in [2.45, 2.75) is 32.2 Å². The topological polar surface area (TPSA) is 43.8 Å². The highest BCUT2D eigenvalue weighted by atomic mass is 15.3. The Hall–Kier alpha value is -1.77. The zero-order chi connectivity index (χ0) is 11.8. The predicted molar refractivity (Wildman–Crippen MR) is 68.9 cm³/mol. The third-order valence-corrected chi connectivity index (χ3v) is 3.33. The van der Waals surface area contributed by atoms with Gasteiger partial charge in [-0.25, -0.2) is 0 Å². The van der Waals surface area contributed by atoms with Gasteiger partial charge in [-0.3, -0.25) is 4.68 Å². The molecule has 3 heteroatoms. The summed E-state index contributed by atoms with van der Waals surface area (Å²) in [6, 6.07) is 8.59. The quantitative estimate of drug-likeness (QED) is 0.876. The molecule has 0 aliphatic heterocycles. The zero-order valence-corrected chi connectivity index (χ0v) is 10.1. The van der Waals surface area contributed by atoms with Crippen LogP contribution in [0.4, 0.5) is 5.69 Å². The van der Waals surface area contributed by atoms with Crippen molar-refractivity contribution in [3.05, 3.63) is 47.3 Å². The molecule has 0 radical (unpaired) electrons. The fourth-order valence-corrected chi connectivity index (χ4v) is 2.20. The maximum atomic E-state index is 5.98. The number of benzene rings is 1. The molecule has 1 aromatic heterocycles. The molecule has 0 spiro atoms. The molecule has 1 aliphatic carbocycles. The normalized spacial score (nSPS) is 15.1. The standard InChI is InChI=1S/C14H17N3/c1-10-2-4-11(5-3-10)9-17-14(12-6-7-12)13(15)8-16-17/h2-5,8,12H,6-7,9,15H2,1H3. The number of hydrogen-bond donors (Lipinski definition) is 1. The van der Waals surface area contributed by atoms with Crippen LogP contribution in [0.3, 0.4) is 0 Å². The Morgan fingerprint density at radius 2 is 2.00 bits per heavy atom. The van der Waals surface area contributed by atoms with Gasteiger partial charge in [-0.15, -0.1) is 0 Å². The lowest BCUT2D eigenvalue weighted by molar-refractivity contribution is 0.647. The molecule has 17 heavy (non-hydrogen) atoms. The van der Waals surface area contributed by atoms with Crippen LogP contribution in [-0.2, 0) is 6.54 Å². The SMILES string of the molecule is Cc1ccc(Cn2ncc(N)c2C2CC2)cc1. The molecule has 1 saturated carbocycles. The third-order valence-electron chi connectivity index (χ3n) is 3.33. The number of hydrogen-bond acceptors (Lipinski definition) is 2. The van der Waals surface area contributed by atoms with Crippen LogP contribution in [0.15, 0.2) is 30.5 Å². The van der Waals surface area contributed by atoms with E-state index in [1.807, 2.05) is 0 Å². The van der Waals surface area contributed by atoms with Crippen LogP contribution < -0.4 is 5.73 Å². The summed E-state index contributed by atoms with van der Waals surface area (Å²) in [4.78, 5) is 0. The van der Waals surface area contributed by atoms with Gasteiger partial charge < -0.3 is 5.73 Å². The van der Waals surface area contributed by atoms with Crippen molar-refractivity contribution in [2.24, 2.45) is 0 Å². The number of nitrogen functional groups attached to an aromatic ring is 1. The maximum absolute atomic E-state index is 5.98. The molecule has 1 aromatic carbocycles. The molecule has 1 fully saturated rings. The summed E-state index contributed by atoms with van der Waals surface area (Å²) in [5.74, 6) is 0.642. The summed E-state index contributed by atoms with van der Waals surface area (Å²) in [6.07, 6.45) is 4.29. The van der Waals surface area contributed by atoms with E-state index in [9.17, 15) is 0 Å². The highest BCUT2D eigenvalue weighted by Crippen LogP contribution is 2.42. The zero-order valence-electron chi connectivity index (χ0n) is 10.1. The van der Waals surface area contributed by atoms with Crippen molar-refractivity contribution in [3.8, 4) is 0 Å². The second-order valence-corrected chi connectivity index (χ2v) is 4.90. The second kappa shape index (κ2) is 3.91. The molecular formula is C14H17N3. The monoisotopic (exact) mass is 227 g/mol. The Morgan fingerprint density at radius 3 is 2.65 bits per heavy atom. The van der Waals surface area contributed by atoms with Gasteiger partial charge in [0.25, 0.3) is 0 Å². The fraction of sp³-hybridized carbons (Fsp3) is 0.357. The van der Waals surface area contributed by atoms with Crippen molar-refractivity contribution in [2.75, 3.05) is 5.73 Å². The average Bonchev–Trinajstić information content (AvgIpc) is 3.08. The minimum Gasteiger partial charge on any atom is -0.396 e. The van der Waals surface area contributed by atoms with Crippen LogP contribution in [0.2, 0.25) is 0 Å². The molecule has 88 valence electrons. The Bertz CT molecular complexity index is 521. The molecule has 0 unspecified atom stereocenters. The number of rotatable bonds is 3. The van der Waals surface area contributed by atoms with Crippen molar-refractivity contribution >= 4 is 5.69 Å². The van der Waals surface area contributed by atoms with E-state index in [0.29, 0.717) is 5.92 Å². The Labute approximate surface area is 101 Å². The molecular weight excluding hydrogens is 210 g/mol. The first kappa shape index (κ1) is 10.4. The van der Waals surface area contributed by atoms with Crippen LogP contribution >= 0.6 is 0 Å². The smallest absolute Gasteiger partial charge is 0.0736 e. The van der Waals surface area contributed by atoms with Gasteiger partial charge in [-0.2, -0.15) is 5.10 Å². The van der Waals surface area contributed by atoms with E-state index in [1.54, 1.807) is 6.20 Å². The van der Waals surface area contributed by atoms with Gasteiger partial charge in [-0.05, 0) is 25.3 Å². The molecule has 3 rings (SSSR count). The van der Waals surface area contributed by atoms with E-state index in [0.717, 1.165) is 12.2 Å². The van der Waals surface area contributed by atoms with E-state index < -0.39 is 0 Å². The minimum atomic E-state index is 0.642. The van der Waals surface area contributed by atoms with E-state index in [-0.39, 0.29) is 0 Å². The molecule has 0 saturated heterocycles. The lowest BCUT2D eigenvalue weighted by atomic mass is 10.1. The first-order valence-electron chi connectivity index (χ1n) is 6.11. The largest absolute Gasteiger partial charge is 0.396 e. The number of anilines is 1. The van der Waals surface area contributed by atoms with E-state index in [4.69, 9.17) is 5.73 Å². The van der Waals surface area contributed by atoms with Crippen molar-refractivity contribution < 1.29 is 0 Å². The van der Waals surface area contributed by atoms with Gasteiger partial charge in [0.05, 0.1) is 24.1 Å². The number of aryl methyl sites for hydroxylation is 1. The molecule has 2 N–H and O–H groups in total. The lowest BCUT2D eigenvalue weighted by Crippen LogP contribution is -2.06. The Morgan fingerprint density at radius 1 is 1.29 bits per heavy atom. The van der Waals surface area contributed by atoms with Gasteiger partial charge >= 0.3 is 0 Å². The van der Waals surface area contributed by atoms with Crippen molar-refractivity contribution in [1.82, 2.24) is 9.78 Å². The summed E-state index contributed by atoms with van der Waals surface area (Å²) in [5.41, 5.74) is 10.6. The van der Waals surface area contributed by atoms with Gasteiger partial charge in [0.1, 0.15) is 0 Å². The second-order valence-electron chi connectivity index (χ2n) is 4.90. The van der Waals surface area contributed by atoms with Crippen LogP contribution in [0.25, 0.3) is 0 Å². The summed E-state index contributed by atoms with van der Waals surface area (Å²) < 4.78 is 2.05. The first-order valence-corrected chi connectivity index (χ1v) is 6.11. The number of aromatic nitrogens is 2. The highest BCUT2D eigenvalue weighted by molar-refractivity contribution is 5.45. The first-order chi connectivity index (χ1) is 8.24. The molecule has 1 heterocycles. The summed E-state index contributed by atoms with van der Waals surface area (Å²) >= 11 is 0. The lowest BCUT2D eigenvalue weighted by Gasteiger charge is -2.07. The Balaban J connectivity index is 1.87. The summed E-state index contributed by atoms with van der Waals surface area (Å²) in [5, 5.41) is 4.39. The summed E-state index contributed by atoms with van der Waals surface area (Å²) in [7, 11) is 0. The molecule has 3 nitrogen and oxygen atoms in total. The van der Waals surface area contributed by atoms with E-state index in [2.05, 4.69) is 41.0 Å². The average molecular weight is 227 g/mol. The highest BCUT2D eigenvalue weighted by Gasteiger charge is 2.29. The van der Waals surface area contributed by atoms with Crippen LogP contribution in [0, 0.1) is 6.92 Å². The van der Waals surface area contributed by atoms with Crippen LogP contribution in [0.1, 0.15) is 35.6 Å². The molecule has 1 aliphatic rings.